The van der Waals surface area contributed by atoms with E-state index in [0.29, 0.717) is 36.7 Å². The second-order valence-electron chi connectivity index (χ2n) is 10.4. The minimum Gasteiger partial charge on any atom is -0.507 e. The van der Waals surface area contributed by atoms with Gasteiger partial charge in [-0.05, 0) is 55.7 Å². The zero-order valence-corrected chi connectivity index (χ0v) is 24.0. The molecular weight excluding hydrogens is 547 g/mol. The summed E-state index contributed by atoms with van der Waals surface area (Å²) in [5, 5.41) is 11.0. The highest BCUT2D eigenvalue weighted by Crippen LogP contribution is 2.38. The van der Waals surface area contributed by atoms with Gasteiger partial charge in [-0.15, -0.1) is 0 Å². The van der Waals surface area contributed by atoms with Gasteiger partial charge in [0.1, 0.15) is 23.2 Å². The molecular formula is C30H30ClFN6O3. The number of hydrogen-bond donors (Lipinski definition) is 1. The number of benzene rings is 1. The highest BCUT2D eigenvalue weighted by atomic mass is 35.5. The maximum atomic E-state index is 14.9. The molecule has 1 saturated heterocycles. The van der Waals surface area contributed by atoms with Crippen LogP contribution >= 0.6 is 11.6 Å². The van der Waals surface area contributed by atoms with Gasteiger partial charge in [0.05, 0.1) is 21.7 Å². The summed E-state index contributed by atoms with van der Waals surface area (Å²) in [7, 11) is 0. The molecule has 1 N–H and O–H groups in total. The number of pyridine rings is 2. The van der Waals surface area contributed by atoms with Crippen molar-refractivity contribution in [2.24, 2.45) is 0 Å². The van der Waals surface area contributed by atoms with E-state index in [2.05, 4.69) is 30.4 Å². The van der Waals surface area contributed by atoms with E-state index in [1.54, 1.807) is 17.0 Å². The number of hydrogen-bond acceptors (Lipinski definition) is 7. The molecule has 4 heterocycles. The molecule has 4 aromatic rings. The fourth-order valence-electron chi connectivity index (χ4n) is 5.35. The van der Waals surface area contributed by atoms with Gasteiger partial charge in [0.2, 0.25) is 5.91 Å². The van der Waals surface area contributed by atoms with Gasteiger partial charge in [0.15, 0.2) is 5.65 Å². The Labute approximate surface area is 241 Å². The SMILES string of the molecule is C=CC(=O)N1CCN(c2nc(=O)n(-c3ccc(C(C)C)c(C)n3)c3nc(-c4c(O)cccc4F)c(Cl)cc23)[C@@H](C)C1. The smallest absolute Gasteiger partial charge is 0.357 e. The molecule has 1 atom stereocenters. The third-order valence-electron chi connectivity index (χ3n) is 7.38. The second kappa shape index (κ2) is 10.9. The van der Waals surface area contributed by atoms with Crippen LogP contribution in [0.5, 0.6) is 5.75 Å². The van der Waals surface area contributed by atoms with Crippen molar-refractivity contribution in [3.8, 4) is 22.8 Å². The van der Waals surface area contributed by atoms with Gasteiger partial charge in [-0.2, -0.15) is 4.98 Å². The summed E-state index contributed by atoms with van der Waals surface area (Å²) >= 11 is 6.68. The average molecular weight is 577 g/mol. The summed E-state index contributed by atoms with van der Waals surface area (Å²) in [6.07, 6.45) is 1.28. The Hall–Kier alpha value is -4.31. The minimum absolute atomic E-state index is 0.0231. The van der Waals surface area contributed by atoms with Crippen LogP contribution in [0.1, 0.15) is 37.9 Å². The van der Waals surface area contributed by atoms with Crippen molar-refractivity contribution in [3.05, 3.63) is 81.6 Å². The van der Waals surface area contributed by atoms with Gasteiger partial charge in [0.25, 0.3) is 0 Å². The van der Waals surface area contributed by atoms with Crippen molar-refractivity contribution >= 4 is 34.4 Å². The Balaban J connectivity index is 1.77. The van der Waals surface area contributed by atoms with Crippen LogP contribution in [0, 0.1) is 12.7 Å². The lowest BCUT2D eigenvalue weighted by atomic mass is 10.0. The number of nitrogens with zero attached hydrogens (tertiary/aromatic N) is 6. The number of phenolic OH excluding ortho intramolecular Hbond substituents is 1. The molecule has 1 aliphatic rings. The predicted octanol–water partition coefficient (Wildman–Crippen LogP) is 5.00. The lowest BCUT2D eigenvalue weighted by Crippen LogP contribution is -2.54. The first-order valence-electron chi connectivity index (χ1n) is 13.3. The number of aryl methyl sites for hydroxylation is 1. The molecule has 1 aliphatic heterocycles. The standard InChI is InChI=1S/C30H30ClFN6O3/c1-6-25(40)36-12-13-37(17(4)15-36)28-20-14-21(31)27(26-22(32)8-7-9-23(26)39)34-29(20)38(30(41)35-28)24-11-10-19(16(2)3)18(5)33-24/h6-11,14,16-17,39H,1,12-13,15H2,2-5H3/t17-/m0/s1. The zero-order chi connectivity index (χ0) is 29.6. The lowest BCUT2D eigenvalue weighted by molar-refractivity contribution is -0.126. The number of rotatable bonds is 5. The van der Waals surface area contributed by atoms with Crippen molar-refractivity contribution in [2.45, 2.75) is 39.7 Å². The first kappa shape index (κ1) is 28.2. The quantitative estimate of drug-likeness (QED) is 0.334. The Morgan fingerprint density at radius 1 is 1.20 bits per heavy atom. The van der Waals surface area contributed by atoms with E-state index in [4.69, 9.17) is 16.6 Å². The van der Waals surface area contributed by atoms with Crippen LogP contribution in [0.15, 0.2) is 53.8 Å². The van der Waals surface area contributed by atoms with Crippen LogP contribution in [-0.4, -0.2) is 61.1 Å². The van der Waals surface area contributed by atoms with Gasteiger partial charge >= 0.3 is 5.69 Å². The number of aromatic nitrogens is 4. The van der Waals surface area contributed by atoms with E-state index in [1.807, 2.05) is 24.8 Å². The van der Waals surface area contributed by atoms with Crippen molar-refractivity contribution in [2.75, 3.05) is 24.5 Å². The van der Waals surface area contributed by atoms with Crippen molar-refractivity contribution in [1.82, 2.24) is 24.4 Å². The molecule has 1 fully saturated rings. The van der Waals surface area contributed by atoms with Crippen molar-refractivity contribution in [3.63, 3.8) is 0 Å². The van der Waals surface area contributed by atoms with Gasteiger partial charge in [0, 0.05) is 31.4 Å². The summed E-state index contributed by atoms with van der Waals surface area (Å²) in [6, 6.07) is 8.93. The number of amides is 1. The first-order chi connectivity index (χ1) is 19.5. The van der Waals surface area contributed by atoms with E-state index < -0.39 is 11.5 Å². The minimum atomic E-state index is -0.714. The Morgan fingerprint density at radius 2 is 1.95 bits per heavy atom. The Morgan fingerprint density at radius 3 is 2.59 bits per heavy atom. The third kappa shape index (κ3) is 5.04. The molecule has 0 radical (unpaired) electrons. The monoisotopic (exact) mass is 576 g/mol. The molecule has 1 amide bonds. The van der Waals surface area contributed by atoms with Gasteiger partial charge in [-0.3, -0.25) is 4.79 Å². The molecule has 11 heteroatoms. The number of carbonyl (C=O) groups excluding carboxylic acids is 1. The topological polar surface area (TPSA) is 104 Å². The maximum Gasteiger partial charge on any atom is 0.357 e. The summed E-state index contributed by atoms with van der Waals surface area (Å²) in [4.78, 5) is 43.4. The number of carbonyl (C=O) groups is 1. The van der Waals surface area contributed by atoms with Crippen LogP contribution < -0.4 is 10.6 Å². The van der Waals surface area contributed by atoms with Crippen LogP contribution in [0.2, 0.25) is 5.02 Å². The van der Waals surface area contributed by atoms with E-state index in [1.165, 1.54) is 28.8 Å². The number of piperazine rings is 1. The number of phenols is 1. The molecule has 5 rings (SSSR count). The van der Waals surface area contributed by atoms with E-state index in [9.17, 15) is 19.1 Å². The molecule has 41 heavy (non-hydrogen) atoms. The highest BCUT2D eigenvalue weighted by molar-refractivity contribution is 6.34. The Kier molecular flexibility index (Phi) is 7.52. The molecule has 0 unspecified atom stereocenters. The first-order valence-corrected chi connectivity index (χ1v) is 13.7. The molecule has 0 saturated carbocycles. The van der Waals surface area contributed by atoms with Gasteiger partial charge in [-0.1, -0.05) is 44.2 Å². The van der Waals surface area contributed by atoms with E-state index in [-0.39, 0.29) is 45.5 Å². The fraction of sp³-hybridized carbons (Fsp3) is 0.300. The Bertz CT molecular complexity index is 1730. The van der Waals surface area contributed by atoms with Crippen molar-refractivity contribution in [1.29, 1.82) is 0 Å². The number of aromatic hydroxyl groups is 1. The third-order valence-corrected chi connectivity index (χ3v) is 7.67. The average Bonchev–Trinajstić information content (AvgIpc) is 2.92. The largest absolute Gasteiger partial charge is 0.507 e. The van der Waals surface area contributed by atoms with Gasteiger partial charge < -0.3 is 14.9 Å². The summed E-state index contributed by atoms with van der Waals surface area (Å²) in [5.74, 6) is -0.355. The van der Waals surface area contributed by atoms with Crippen LogP contribution in [0.25, 0.3) is 28.1 Å². The normalized spacial score (nSPS) is 15.5. The fourth-order valence-corrected chi connectivity index (χ4v) is 5.59. The second-order valence-corrected chi connectivity index (χ2v) is 10.8. The predicted molar refractivity (Wildman–Crippen MR) is 157 cm³/mol. The van der Waals surface area contributed by atoms with E-state index >= 15 is 0 Å². The highest BCUT2D eigenvalue weighted by Gasteiger charge is 2.30. The lowest BCUT2D eigenvalue weighted by Gasteiger charge is -2.40. The number of fused-ring (bicyclic) bond motifs is 1. The summed E-state index contributed by atoms with van der Waals surface area (Å²) in [6.45, 7) is 12.7. The molecule has 3 aromatic heterocycles. The van der Waals surface area contributed by atoms with Crippen LogP contribution in [-0.2, 0) is 4.79 Å². The van der Waals surface area contributed by atoms with E-state index in [0.717, 1.165) is 11.3 Å². The molecule has 0 spiro atoms. The van der Waals surface area contributed by atoms with Crippen molar-refractivity contribution < 1.29 is 14.3 Å². The van der Waals surface area contributed by atoms with Gasteiger partial charge in [-0.25, -0.2) is 23.7 Å². The number of anilines is 1. The zero-order valence-electron chi connectivity index (χ0n) is 23.2. The molecule has 0 bridgehead atoms. The van der Waals surface area contributed by atoms with Crippen LogP contribution in [0.4, 0.5) is 10.2 Å². The molecule has 0 aliphatic carbocycles. The number of halogens is 2. The summed E-state index contributed by atoms with van der Waals surface area (Å²) < 4.78 is 16.2. The van der Waals surface area contributed by atoms with Crippen LogP contribution in [0.3, 0.4) is 0 Å². The molecule has 9 nitrogen and oxygen atoms in total. The molecule has 212 valence electrons. The maximum absolute atomic E-state index is 14.9. The molecule has 1 aromatic carbocycles. The summed E-state index contributed by atoms with van der Waals surface area (Å²) in [5.41, 5.74) is 1.10.